The smallest absolute Gasteiger partial charge is 0.386 e. The lowest BCUT2D eigenvalue weighted by atomic mass is 9.96. The van der Waals surface area contributed by atoms with Crippen LogP contribution >= 0.6 is 11.6 Å². The lowest BCUT2D eigenvalue weighted by Crippen LogP contribution is -2.18. The summed E-state index contributed by atoms with van der Waals surface area (Å²) in [7, 11) is 0. The van der Waals surface area contributed by atoms with Crippen LogP contribution < -0.4 is 0 Å². The maximum absolute atomic E-state index is 12.5. The van der Waals surface area contributed by atoms with Gasteiger partial charge in [0.1, 0.15) is 0 Å². The van der Waals surface area contributed by atoms with Gasteiger partial charge >= 0.3 is 6.18 Å². The van der Waals surface area contributed by atoms with Gasteiger partial charge in [0.15, 0.2) is 0 Å². The molecule has 0 aliphatic rings. The molecule has 1 aromatic rings. The number of halogens is 4. The minimum atomic E-state index is -4.50. The quantitative estimate of drug-likeness (QED) is 0.793. The standard InChI is InChI=1S/C10H10ClF3O/c1-9(2,15)6-4-3-5-7(8(6)11)10(12,13)14/h3-5,15H,1-2H3. The molecular weight excluding hydrogens is 229 g/mol. The van der Waals surface area contributed by atoms with E-state index in [4.69, 9.17) is 11.6 Å². The van der Waals surface area contributed by atoms with E-state index < -0.39 is 22.4 Å². The number of hydrogen-bond acceptors (Lipinski definition) is 1. The van der Waals surface area contributed by atoms with E-state index in [0.717, 1.165) is 6.07 Å². The summed E-state index contributed by atoms with van der Waals surface area (Å²) in [6.45, 7) is 2.77. The first-order valence-electron chi connectivity index (χ1n) is 4.22. The van der Waals surface area contributed by atoms with Crippen molar-refractivity contribution in [1.82, 2.24) is 0 Å². The second-order valence-corrected chi connectivity index (χ2v) is 4.10. The van der Waals surface area contributed by atoms with Crippen LogP contribution in [0.1, 0.15) is 25.0 Å². The van der Waals surface area contributed by atoms with Crippen molar-refractivity contribution in [3.63, 3.8) is 0 Å². The molecule has 0 unspecified atom stereocenters. The lowest BCUT2D eigenvalue weighted by Gasteiger charge is -2.21. The number of alkyl halides is 3. The molecule has 0 radical (unpaired) electrons. The van der Waals surface area contributed by atoms with Crippen molar-refractivity contribution in [1.29, 1.82) is 0 Å². The summed E-state index contributed by atoms with van der Waals surface area (Å²) in [5.41, 5.74) is -2.25. The Hall–Kier alpha value is -0.740. The molecule has 1 rings (SSSR count). The normalized spacial score (nSPS) is 13.0. The second kappa shape index (κ2) is 3.68. The van der Waals surface area contributed by atoms with Crippen molar-refractivity contribution in [2.45, 2.75) is 25.6 Å². The zero-order chi connectivity index (χ0) is 11.9. The van der Waals surface area contributed by atoms with Crippen LogP contribution in [0.3, 0.4) is 0 Å². The molecule has 0 bridgehead atoms. The van der Waals surface area contributed by atoms with Crippen LogP contribution in [0.2, 0.25) is 5.02 Å². The van der Waals surface area contributed by atoms with Crippen LogP contribution in [0.25, 0.3) is 0 Å². The van der Waals surface area contributed by atoms with Gasteiger partial charge in [-0.05, 0) is 19.9 Å². The van der Waals surface area contributed by atoms with E-state index in [9.17, 15) is 18.3 Å². The predicted octanol–water partition coefficient (Wildman–Crippen LogP) is 3.59. The maximum atomic E-state index is 12.5. The average molecular weight is 239 g/mol. The van der Waals surface area contributed by atoms with Crippen molar-refractivity contribution in [2.24, 2.45) is 0 Å². The van der Waals surface area contributed by atoms with Crippen LogP contribution in [-0.2, 0) is 11.8 Å². The molecule has 0 saturated carbocycles. The van der Waals surface area contributed by atoms with Gasteiger partial charge in [-0.1, -0.05) is 23.7 Å². The summed E-state index contributed by atoms with van der Waals surface area (Å²) in [5.74, 6) is 0. The molecule has 84 valence electrons. The molecular formula is C10H10ClF3O. The molecule has 0 heterocycles. The van der Waals surface area contributed by atoms with E-state index in [1.54, 1.807) is 0 Å². The van der Waals surface area contributed by atoms with Gasteiger partial charge in [0.2, 0.25) is 0 Å². The largest absolute Gasteiger partial charge is 0.417 e. The van der Waals surface area contributed by atoms with Gasteiger partial charge in [0, 0.05) is 5.56 Å². The van der Waals surface area contributed by atoms with Crippen LogP contribution in [0.5, 0.6) is 0 Å². The van der Waals surface area contributed by atoms with Gasteiger partial charge in [0.05, 0.1) is 16.2 Å². The average Bonchev–Trinajstić information content (AvgIpc) is 1.99. The Balaban J connectivity index is 3.37. The molecule has 1 N–H and O–H groups in total. The summed E-state index contributed by atoms with van der Waals surface area (Å²) in [6.07, 6.45) is -4.50. The highest BCUT2D eigenvalue weighted by Gasteiger charge is 2.35. The summed E-state index contributed by atoms with van der Waals surface area (Å²) >= 11 is 5.60. The predicted molar refractivity (Wildman–Crippen MR) is 51.7 cm³/mol. The van der Waals surface area contributed by atoms with E-state index in [1.807, 2.05) is 0 Å². The maximum Gasteiger partial charge on any atom is 0.417 e. The lowest BCUT2D eigenvalue weighted by molar-refractivity contribution is -0.137. The van der Waals surface area contributed by atoms with E-state index in [2.05, 4.69) is 0 Å². The monoisotopic (exact) mass is 238 g/mol. The summed E-state index contributed by atoms with van der Waals surface area (Å²) < 4.78 is 37.4. The molecule has 5 heteroatoms. The molecule has 0 atom stereocenters. The first-order chi connectivity index (χ1) is 6.64. The fourth-order valence-corrected chi connectivity index (χ4v) is 1.69. The topological polar surface area (TPSA) is 20.2 Å². The molecule has 0 aromatic heterocycles. The highest BCUT2D eigenvalue weighted by Crippen LogP contribution is 2.39. The van der Waals surface area contributed by atoms with Crippen LogP contribution in [0.4, 0.5) is 13.2 Å². The fraction of sp³-hybridized carbons (Fsp3) is 0.400. The molecule has 0 fully saturated rings. The highest BCUT2D eigenvalue weighted by atomic mass is 35.5. The minimum absolute atomic E-state index is 0.0685. The third kappa shape index (κ3) is 2.63. The zero-order valence-corrected chi connectivity index (χ0v) is 8.95. The van der Waals surface area contributed by atoms with Gasteiger partial charge in [-0.2, -0.15) is 13.2 Å². The first-order valence-corrected chi connectivity index (χ1v) is 4.60. The summed E-state index contributed by atoms with van der Waals surface area (Å²) in [4.78, 5) is 0. The van der Waals surface area contributed by atoms with E-state index in [0.29, 0.717) is 0 Å². The van der Waals surface area contributed by atoms with Gasteiger partial charge in [-0.25, -0.2) is 0 Å². The molecule has 0 saturated heterocycles. The third-order valence-electron chi connectivity index (χ3n) is 1.96. The Labute approximate surface area is 90.5 Å². The first kappa shape index (κ1) is 12.3. The van der Waals surface area contributed by atoms with Gasteiger partial charge in [-0.3, -0.25) is 0 Å². The van der Waals surface area contributed by atoms with Gasteiger partial charge < -0.3 is 5.11 Å². The Bertz CT molecular complexity index is 334. The van der Waals surface area contributed by atoms with Gasteiger partial charge in [0.25, 0.3) is 0 Å². The summed E-state index contributed by atoms with van der Waals surface area (Å²) in [6, 6.07) is 3.48. The van der Waals surface area contributed by atoms with Crippen LogP contribution in [0, 0.1) is 0 Å². The van der Waals surface area contributed by atoms with Crippen LogP contribution in [-0.4, -0.2) is 5.11 Å². The highest BCUT2D eigenvalue weighted by molar-refractivity contribution is 6.32. The molecule has 0 aliphatic heterocycles. The zero-order valence-electron chi connectivity index (χ0n) is 8.19. The van der Waals surface area contributed by atoms with Crippen molar-refractivity contribution < 1.29 is 18.3 Å². The van der Waals surface area contributed by atoms with Crippen molar-refractivity contribution >= 4 is 11.6 Å². The number of benzene rings is 1. The summed E-state index contributed by atoms with van der Waals surface area (Å²) in [5, 5.41) is 9.16. The molecule has 0 spiro atoms. The van der Waals surface area contributed by atoms with Gasteiger partial charge in [-0.15, -0.1) is 0 Å². The molecule has 1 aromatic carbocycles. The fourth-order valence-electron chi connectivity index (χ4n) is 1.22. The van der Waals surface area contributed by atoms with Crippen molar-refractivity contribution in [3.8, 4) is 0 Å². The molecule has 15 heavy (non-hydrogen) atoms. The SMILES string of the molecule is CC(C)(O)c1cccc(C(F)(F)F)c1Cl. The molecule has 1 nitrogen and oxygen atoms in total. The third-order valence-corrected chi connectivity index (χ3v) is 2.37. The molecule has 0 amide bonds. The van der Waals surface area contributed by atoms with Crippen molar-refractivity contribution in [2.75, 3.05) is 0 Å². The number of rotatable bonds is 1. The van der Waals surface area contributed by atoms with E-state index in [-0.39, 0.29) is 5.56 Å². The number of aliphatic hydroxyl groups is 1. The van der Waals surface area contributed by atoms with Crippen molar-refractivity contribution in [3.05, 3.63) is 34.3 Å². The van der Waals surface area contributed by atoms with Crippen LogP contribution in [0.15, 0.2) is 18.2 Å². The van der Waals surface area contributed by atoms with E-state index >= 15 is 0 Å². The van der Waals surface area contributed by atoms with E-state index in [1.165, 1.54) is 26.0 Å². The minimum Gasteiger partial charge on any atom is -0.386 e. The molecule has 0 aliphatic carbocycles. The second-order valence-electron chi connectivity index (χ2n) is 3.72. The Kier molecular flexibility index (Phi) is 3.03. The Morgan fingerprint density at radius 3 is 2.00 bits per heavy atom. The number of hydrogen-bond donors (Lipinski definition) is 1. The Morgan fingerprint density at radius 1 is 1.13 bits per heavy atom. The Morgan fingerprint density at radius 2 is 1.60 bits per heavy atom.